The predicted molar refractivity (Wildman–Crippen MR) is 186 cm³/mol. The van der Waals surface area contributed by atoms with Gasteiger partial charge in [-0.1, -0.05) is 79.9 Å². The number of carbonyl (C=O) groups is 1. The Morgan fingerprint density at radius 3 is 2.34 bits per heavy atom. The summed E-state index contributed by atoms with van der Waals surface area (Å²) in [6.45, 7) is 6.72. The number of hydrogen-bond donors (Lipinski definition) is 2. The summed E-state index contributed by atoms with van der Waals surface area (Å²) in [4.78, 5) is 41.6. The Balaban J connectivity index is 1.32. The molecule has 1 saturated heterocycles. The first-order valence-corrected chi connectivity index (χ1v) is 17.3. The van der Waals surface area contributed by atoms with Gasteiger partial charge in [0.1, 0.15) is 18.0 Å². The van der Waals surface area contributed by atoms with Crippen molar-refractivity contribution < 1.29 is 19.0 Å². The molecule has 0 spiro atoms. The summed E-state index contributed by atoms with van der Waals surface area (Å²) in [5.74, 6) is 0.344. The second-order valence-electron chi connectivity index (χ2n) is 13.4. The summed E-state index contributed by atoms with van der Waals surface area (Å²) < 4.78 is 17.3. The van der Waals surface area contributed by atoms with E-state index in [0.717, 1.165) is 56.1 Å². The van der Waals surface area contributed by atoms with E-state index in [1.54, 1.807) is 7.11 Å². The zero-order valence-electron chi connectivity index (χ0n) is 28.2. The highest BCUT2D eigenvalue weighted by Gasteiger charge is 2.43. The summed E-state index contributed by atoms with van der Waals surface area (Å²) in [6, 6.07) is 19.5. The van der Waals surface area contributed by atoms with E-state index >= 15 is 0 Å². The molecule has 1 aliphatic heterocycles. The van der Waals surface area contributed by atoms with Gasteiger partial charge < -0.3 is 29.7 Å². The monoisotopic (exact) mass is 645 g/mol. The van der Waals surface area contributed by atoms with E-state index in [0.29, 0.717) is 37.7 Å². The molecule has 2 fully saturated rings. The van der Waals surface area contributed by atoms with Crippen molar-refractivity contribution in [3.8, 4) is 0 Å². The Morgan fingerprint density at radius 1 is 0.936 bits per heavy atom. The topological polar surface area (TPSA) is 106 Å². The molecule has 47 heavy (non-hydrogen) atoms. The molecule has 3 unspecified atom stereocenters. The fraction of sp³-hybridized carbons (Fsp3) is 0.553. The molecule has 2 aliphatic rings. The average Bonchev–Trinajstić information content (AvgIpc) is 3.11. The lowest BCUT2D eigenvalue weighted by Gasteiger charge is -2.45. The average molecular weight is 646 g/mol. The van der Waals surface area contributed by atoms with Crippen molar-refractivity contribution in [1.82, 2.24) is 5.32 Å². The second-order valence-corrected chi connectivity index (χ2v) is 13.4. The molecule has 9 heteroatoms. The van der Waals surface area contributed by atoms with Crippen molar-refractivity contribution in [3.05, 3.63) is 92.2 Å². The number of methoxy groups -OCH3 is 1. The Kier molecular flexibility index (Phi) is 12.1. The van der Waals surface area contributed by atoms with Crippen LogP contribution in [0, 0.1) is 11.8 Å². The number of carbonyl (C=O) groups excluding carboxylic acids is 1. The minimum Gasteiger partial charge on any atom is -0.445 e. The highest BCUT2D eigenvalue weighted by molar-refractivity contribution is 5.76. The maximum Gasteiger partial charge on any atom is 0.407 e. The molecule has 2 N–H and O–H groups in total. The van der Waals surface area contributed by atoms with Crippen LogP contribution in [0.3, 0.4) is 0 Å². The molecule has 1 amide bonds. The zero-order chi connectivity index (χ0) is 33.2. The van der Waals surface area contributed by atoms with Crippen LogP contribution in [0.4, 0.5) is 16.2 Å². The standard InChI is InChI=1S/C38H51N3O6/c1-27(38(2,31-20-11-6-12-21-31)40-37(44)47-26-28-15-7-4-8-16-28)39-32-33(35(43)34(32)42)41-22-13-19-30(25-41)36(46-24-14-23-45-3)29-17-9-5-10-18-29/h4-5,7-10,15-18,27,30-31,36,39H,6,11-14,19-26H2,1-3H3,(H,40,44)/t27-,30?,36?,38?/m0/s1. The predicted octanol–water partition coefficient (Wildman–Crippen LogP) is 6.36. The molecule has 9 nitrogen and oxygen atoms in total. The first-order valence-electron chi connectivity index (χ1n) is 17.3. The molecule has 3 aromatic rings. The van der Waals surface area contributed by atoms with E-state index in [4.69, 9.17) is 14.2 Å². The van der Waals surface area contributed by atoms with Crippen molar-refractivity contribution in [2.45, 2.75) is 89.5 Å². The summed E-state index contributed by atoms with van der Waals surface area (Å²) >= 11 is 0. The highest BCUT2D eigenvalue weighted by Crippen LogP contribution is 2.38. The summed E-state index contributed by atoms with van der Waals surface area (Å²) in [5.41, 5.74) is 1.18. The number of rotatable bonds is 15. The molecule has 0 radical (unpaired) electrons. The van der Waals surface area contributed by atoms with E-state index in [1.165, 1.54) is 6.42 Å². The van der Waals surface area contributed by atoms with Gasteiger partial charge in [-0.2, -0.15) is 0 Å². The minimum atomic E-state index is -0.704. The third-order valence-electron chi connectivity index (χ3n) is 10.3. The maximum absolute atomic E-state index is 13.2. The SMILES string of the molecule is COCCCOC(c1ccccc1)C1CCCN(c2c(N[C@@H](C)C(C)(NC(=O)OCc3ccccc3)C3CCCCC3)c(=O)c2=O)C1. The van der Waals surface area contributed by atoms with E-state index in [9.17, 15) is 14.4 Å². The molecule has 254 valence electrons. The molecule has 4 atom stereocenters. The fourth-order valence-electron chi connectivity index (χ4n) is 7.45. The number of amides is 1. The van der Waals surface area contributed by atoms with E-state index < -0.39 is 22.5 Å². The Bertz CT molecular complexity index is 1480. The van der Waals surface area contributed by atoms with Crippen LogP contribution in [0.25, 0.3) is 0 Å². The van der Waals surface area contributed by atoms with Gasteiger partial charge in [0.25, 0.3) is 10.9 Å². The zero-order valence-corrected chi connectivity index (χ0v) is 28.2. The van der Waals surface area contributed by atoms with Crippen LogP contribution in [-0.2, 0) is 20.8 Å². The number of piperidine rings is 1. The first kappa shape index (κ1) is 34.6. The number of nitrogens with one attached hydrogen (secondary N) is 2. The Hall–Kier alpha value is -3.69. The van der Waals surface area contributed by atoms with Crippen molar-refractivity contribution in [3.63, 3.8) is 0 Å². The van der Waals surface area contributed by atoms with Gasteiger partial charge in [-0.3, -0.25) is 9.59 Å². The van der Waals surface area contributed by atoms with E-state index in [-0.39, 0.29) is 30.6 Å². The van der Waals surface area contributed by atoms with Crippen molar-refractivity contribution in [2.24, 2.45) is 11.8 Å². The Morgan fingerprint density at radius 2 is 1.64 bits per heavy atom. The molecule has 0 bridgehead atoms. The molecule has 0 aromatic heterocycles. The van der Waals surface area contributed by atoms with Gasteiger partial charge in [0.05, 0.1) is 11.6 Å². The lowest BCUT2D eigenvalue weighted by Crippen LogP contribution is -2.62. The number of ether oxygens (including phenoxy) is 3. The van der Waals surface area contributed by atoms with Gasteiger partial charge in [-0.05, 0) is 63.0 Å². The quantitative estimate of drug-likeness (QED) is 0.145. The van der Waals surface area contributed by atoms with Gasteiger partial charge in [-0.25, -0.2) is 4.79 Å². The van der Waals surface area contributed by atoms with E-state index in [1.807, 2.05) is 62.4 Å². The van der Waals surface area contributed by atoms with Crippen LogP contribution in [0.15, 0.2) is 70.3 Å². The van der Waals surface area contributed by atoms with Gasteiger partial charge in [-0.15, -0.1) is 0 Å². The summed E-state index contributed by atoms with van der Waals surface area (Å²) in [6.07, 6.45) is 7.32. The number of hydrogen-bond acceptors (Lipinski definition) is 8. The van der Waals surface area contributed by atoms with Gasteiger partial charge >= 0.3 is 6.09 Å². The molecular formula is C38H51N3O6. The van der Waals surface area contributed by atoms with Crippen LogP contribution in [0.2, 0.25) is 0 Å². The number of nitrogens with zero attached hydrogens (tertiary/aromatic N) is 1. The summed E-state index contributed by atoms with van der Waals surface area (Å²) in [5, 5.41) is 6.63. The van der Waals surface area contributed by atoms with Crippen LogP contribution >= 0.6 is 0 Å². The van der Waals surface area contributed by atoms with Crippen LogP contribution in [-0.4, -0.2) is 51.1 Å². The largest absolute Gasteiger partial charge is 0.445 e. The van der Waals surface area contributed by atoms with Crippen molar-refractivity contribution in [1.29, 1.82) is 0 Å². The number of anilines is 2. The highest BCUT2D eigenvalue weighted by atomic mass is 16.5. The van der Waals surface area contributed by atoms with Crippen molar-refractivity contribution in [2.75, 3.05) is 43.6 Å². The third kappa shape index (κ3) is 8.43. The third-order valence-corrected chi connectivity index (χ3v) is 10.3. The van der Waals surface area contributed by atoms with E-state index in [2.05, 4.69) is 27.7 Å². The minimum absolute atomic E-state index is 0.127. The maximum atomic E-state index is 13.2. The lowest BCUT2D eigenvalue weighted by molar-refractivity contribution is -0.00235. The summed E-state index contributed by atoms with van der Waals surface area (Å²) in [7, 11) is 1.69. The first-order chi connectivity index (χ1) is 22.8. The van der Waals surface area contributed by atoms with Crippen molar-refractivity contribution >= 4 is 17.5 Å². The molecule has 1 aliphatic carbocycles. The molecule has 1 heterocycles. The van der Waals surface area contributed by atoms with Gasteiger partial charge in [0.15, 0.2) is 0 Å². The smallest absolute Gasteiger partial charge is 0.407 e. The molecule has 3 aromatic carbocycles. The molecular weight excluding hydrogens is 594 g/mol. The van der Waals surface area contributed by atoms with Crippen LogP contribution in [0.5, 0.6) is 0 Å². The van der Waals surface area contributed by atoms with Crippen LogP contribution in [0.1, 0.15) is 82.4 Å². The molecule has 1 saturated carbocycles. The van der Waals surface area contributed by atoms with Crippen LogP contribution < -0.4 is 26.4 Å². The Labute approximate surface area is 278 Å². The fourth-order valence-corrected chi connectivity index (χ4v) is 7.45. The normalized spacial score (nSPS) is 19.9. The number of alkyl carbamates (subject to hydrolysis) is 1. The number of benzene rings is 2. The second kappa shape index (κ2) is 16.4. The van der Waals surface area contributed by atoms with Gasteiger partial charge in [0.2, 0.25) is 0 Å². The van der Waals surface area contributed by atoms with Gasteiger partial charge in [0, 0.05) is 45.4 Å². The molecule has 5 rings (SSSR count). The lowest BCUT2D eigenvalue weighted by atomic mass is 9.72.